The molecule has 15 aromatic rings. The molecule has 7 nitrogen and oxygen atoms in total. The average Bonchev–Trinajstić information content (AvgIpc) is 4.24. The summed E-state index contributed by atoms with van der Waals surface area (Å²) >= 11 is 0. The van der Waals surface area contributed by atoms with Crippen molar-refractivity contribution in [3.8, 4) is 11.4 Å². The molecule has 7 heteroatoms. The van der Waals surface area contributed by atoms with Crippen LogP contribution in [-0.4, -0.2) is 14.1 Å². The van der Waals surface area contributed by atoms with Crippen LogP contribution in [0.2, 0.25) is 0 Å². The molecule has 0 aliphatic carbocycles. The fourth-order valence-electron chi connectivity index (χ4n) is 11.9. The van der Waals surface area contributed by atoms with Crippen LogP contribution in [0.1, 0.15) is 50.7 Å². The molecule has 0 aliphatic heterocycles. The van der Waals surface area contributed by atoms with Gasteiger partial charge in [-0.3, -0.25) is 0 Å². The first-order valence-electron chi connectivity index (χ1n) is 27.0. The zero-order chi connectivity index (χ0) is 52.2. The Morgan fingerprint density at radius 1 is 0.308 bits per heavy atom. The summed E-state index contributed by atoms with van der Waals surface area (Å²) in [5, 5.41) is 6.73. The third-order valence-corrected chi connectivity index (χ3v) is 15.8. The fourth-order valence-corrected chi connectivity index (χ4v) is 11.9. The third kappa shape index (κ3) is 7.30. The second-order valence-corrected chi connectivity index (χ2v) is 21.2. The van der Waals surface area contributed by atoms with E-state index in [1.165, 1.54) is 43.7 Å². The molecule has 0 aliphatic rings. The topological polar surface area (TPSA) is 55.5 Å². The van der Waals surface area contributed by atoms with Gasteiger partial charge in [-0.15, -0.1) is 0 Å². The predicted octanol–water partition coefficient (Wildman–Crippen LogP) is 20.3. The van der Waals surface area contributed by atoms with Gasteiger partial charge in [-0.2, -0.15) is 0 Å². The molecule has 5 heterocycles. The van der Waals surface area contributed by atoms with Gasteiger partial charge in [0.2, 0.25) is 0 Å². The van der Waals surface area contributed by atoms with E-state index >= 15 is 0 Å². The van der Waals surface area contributed by atoms with Crippen LogP contribution in [0.25, 0.3) is 99.1 Å². The predicted molar refractivity (Wildman–Crippen MR) is 325 cm³/mol. The zero-order valence-corrected chi connectivity index (χ0v) is 43.7. The molecule has 5 aromatic heterocycles. The van der Waals surface area contributed by atoms with Crippen molar-refractivity contribution in [2.75, 3.05) is 9.80 Å². The maximum Gasteiger partial charge on any atom is 0.157 e. The van der Waals surface area contributed by atoms with Crippen molar-refractivity contribution >= 4 is 122 Å². The molecule has 0 saturated carbocycles. The van der Waals surface area contributed by atoms with E-state index in [9.17, 15) is 0 Å². The van der Waals surface area contributed by atoms with E-state index in [-0.39, 0.29) is 0 Å². The minimum Gasteiger partial charge on any atom is -0.454 e. The SMILES string of the molecule is CC(C)c1ccc(N(c2ccc3c(c2)oc2cc4oc5cc(N(c6ccc(C(C)C)cc6)c6ccc7c8ccccc8n(-c8ccccc8)c7c6)ccc5c4nc23)c2ccc3c4ccccc4n(-c4ccccc4)c3c2)cc1. The monoisotopic (exact) mass is 1010 g/mol. The number of benzene rings is 10. The Hall–Kier alpha value is -9.85. The standard InChI is InChI=1S/C71H53N5O2/c1-44(2)46-23-27-50(28-24-46)73(52-31-35-58-56-19-11-13-21-62(56)75(64(58)39-52)48-15-7-5-8-16-48)54-33-37-60-66(41-54)77-68-43-69-71(72-70(60)68)61-38-34-55(42-67(61)78-69)74(51-29-25-47(26-30-51)45(3)4)53-32-36-59-57-20-12-14-22-63(57)76(65(59)40-53)49-17-9-6-10-18-49/h5-45H,1-4H3. The van der Waals surface area contributed by atoms with Crippen LogP contribution < -0.4 is 9.80 Å². The number of rotatable bonds is 10. The molecular weight excluding hydrogens is 955 g/mol. The van der Waals surface area contributed by atoms with Crippen LogP contribution in [0.3, 0.4) is 0 Å². The largest absolute Gasteiger partial charge is 0.454 e. The van der Waals surface area contributed by atoms with Gasteiger partial charge >= 0.3 is 0 Å². The number of fused-ring (bicyclic) bond motifs is 12. The molecule has 78 heavy (non-hydrogen) atoms. The Balaban J connectivity index is 0.846. The van der Waals surface area contributed by atoms with Gasteiger partial charge in [0, 0.05) is 96.0 Å². The lowest BCUT2D eigenvalue weighted by Crippen LogP contribution is -2.10. The van der Waals surface area contributed by atoms with Crippen molar-refractivity contribution < 1.29 is 8.83 Å². The lowest BCUT2D eigenvalue weighted by atomic mass is 10.0. The van der Waals surface area contributed by atoms with Gasteiger partial charge in [0.15, 0.2) is 11.2 Å². The van der Waals surface area contributed by atoms with Crippen LogP contribution in [0.15, 0.2) is 245 Å². The molecule has 0 unspecified atom stereocenters. The quantitative estimate of drug-likeness (QED) is 0.137. The lowest BCUT2D eigenvalue weighted by Gasteiger charge is -2.26. The molecule has 10 aromatic carbocycles. The van der Waals surface area contributed by atoms with Crippen molar-refractivity contribution in [3.63, 3.8) is 0 Å². The molecule has 0 fully saturated rings. The molecule has 0 bridgehead atoms. The number of para-hydroxylation sites is 4. The van der Waals surface area contributed by atoms with E-state index in [0.717, 1.165) is 89.5 Å². The van der Waals surface area contributed by atoms with E-state index in [4.69, 9.17) is 13.8 Å². The maximum absolute atomic E-state index is 6.80. The highest BCUT2D eigenvalue weighted by Gasteiger charge is 2.23. The minimum atomic E-state index is 0.410. The van der Waals surface area contributed by atoms with Crippen molar-refractivity contribution in [3.05, 3.63) is 248 Å². The second kappa shape index (κ2) is 17.9. The Morgan fingerprint density at radius 3 is 1.06 bits per heavy atom. The molecule has 0 spiro atoms. The average molecular weight is 1010 g/mol. The van der Waals surface area contributed by atoms with Crippen LogP contribution in [-0.2, 0) is 0 Å². The molecular formula is C71H53N5O2. The summed E-state index contributed by atoms with van der Waals surface area (Å²) in [4.78, 5) is 10.0. The highest BCUT2D eigenvalue weighted by Crippen LogP contribution is 2.45. The van der Waals surface area contributed by atoms with Gasteiger partial charge < -0.3 is 27.8 Å². The molecule has 374 valence electrons. The van der Waals surface area contributed by atoms with Gasteiger partial charge in [-0.25, -0.2) is 4.98 Å². The van der Waals surface area contributed by atoms with Crippen LogP contribution in [0.5, 0.6) is 0 Å². The first kappa shape index (κ1) is 45.5. The Morgan fingerprint density at radius 2 is 0.654 bits per heavy atom. The Bertz CT molecular complexity index is 4490. The van der Waals surface area contributed by atoms with Crippen molar-refractivity contribution in [1.29, 1.82) is 0 Å². The van der Waals surface area contributed by atoms with E-state index in [1.807, 2.05) is 6.07 Å². The van der Waals surface area contributed by atoms with Gasteiger partial charge in [-0.1, -0.05) is 137 Å². The number of anilines is 6. The maximum atomic E-state index is 6.80. The van der Waals surface area contributed by atoms with Crippen LogP contribution in [0.4, 0.5) is 34.1 Å². The number of nitrogens with zero attached hydrogens (tertiary/aromatic N) is 5. The van der Waals surface area contributed by atoms with E-state index < -0.39 is 0 Å². The number of furan rings is 2. The summed E-state index contributed by atoms with van der Waals surface area (Å²) in [6.07, 6.45) is 0. The van der Waals surface area contributed by atoms with Crippen molar-refractivity contribution in [1.82, 2.24) is 14.1 Å². The number of aromatic nitrogens is 3. The first-order chi connectivity index (χ1) is 38.3. The summed E-state index contributed by atoms with van der Waals surface area (Å²) in [6, 6.07) is 85.1. The van der Waals surface area contributed by atoms with Crippen molar-refractivity contribution in [2.45, 2.75) is 39.5 Å². The normalized spacial score (nSPS) is 12.1. The molecule has 0 N–H and O–H groups in total. The van der Waals surface area contributed by atoms with Gasteiger partial charge in [0.25, 0.3) is 0 Å². The summed E-state index contributed by atoms with van der Waals surface area (Å²) in [6.45, 7) is 8.94. The number of pyridine rings is 1. The Labute approximate surface area is 451 Å². The lowest BCUT2D eigenvalue weighted by molar-refractivity contribution is 0.655. The summed E-state index contributed by atoms with van der Waals surface area (Å²) in [7, 11) is 0. The van der Waals surface area contributed by atoms with E-state index in [1.54, 1.807) is 0 Å². The molecule has 0 radical (unpaired) electrons. The summed E-state index contributed by atoms with van der Waals surface area (Å²) < 4.78 is 18.3. The highest BCUT2D eigenvalue weighted by atomic mass is 16.3. The zero-order valence-electron chi connectivity index (χ0n) is 43.7. The summed E-state index contributed by atoms with van der Waals surface area (Å²) in [5.74, 6) is 0.821. The third-order valence-electron chi connectivity index (χ3n) is 15.8. The molecule has 0 amide bonds. The van der Waals surface area contributed by atoms with Crippen molar-refractivity contribution in [2.24, 2.45) is 0 Å². The number of hydrogen-bond acceptors (Lipinski definition) is 5. The molecule has 0 atom stereocenters. The Kier molecular flexibility index (Phi) is 10.4. The highest BCUT2D eigenvalue weighted by molar-refractivity contribution is 6.14. The molecule has 0 saturated heterocycles. The number of hydrogen-bond donors (Lipinski definition) is 0. The minimum absolute atomic E-state index is 0.410. The van der Waals surface area contributed by atoms with E-state index in [0.29, 0.717) is 23.0 Å². The van der Waals surface area contributed by atoms with Gasteiger partial charge in [-0.05, 0) is 132 Å². The molecule has 15 rings (SSSR count). The fraction of sp³-hybridized carbons (Fsp3) is 0.0845. The van der Waals surface area contributed by atoms with E-state index in [2.05, 4.69) is 277 Å². The van der Waals surface area contributed by atoms with Crippen LogP contribution >= 0.6 is 0 Å². The first-order valence-corrected chi connectivity index (χ1v) is 27.0. The van der Waals surface area contributed by atoms with Gasteiger partial charge in [0.1, 0.15) is 22.2 Å². The summed E-state index contributed by atoms with van der Waals surface area (Å²) in [5.41, 5.74) is 20.0. The smallest absolute Gasteiger partial charge is 0.157 e. The van der Waals surface area contributed by atoms with Gasteiger partial charge in [0.05, 0.1) is 22.1 Å². The van der Waals surface area contributed by atoms with Crippen LogP contribution in [0, 0.1) is 0 Å². The second-order valence-electron chi connectivity index (χ2n) is 21.2.